The molecule has 1 aliphatic rings. The molecule has 0 bridgehead atoms. The van der Waals surface area contributed by atoms with Crippen LogP contribution in [0.25, 0.3) is 5.65 Å². The van der Waals surface area contributed by atoms with E-state index in [0.717, 1.165) is 47.4 Å². The van der Waals surface area contributed by atoms with E-state index in [9.17, 15) is 0 Å². The van der Waals surface area contributed by atoms with E-state index in [1.54, 1.807) is 17.5 Å². The van der Waals surface area contributed by atoms with E-state index in [2.05, 4.69) is 40.7 Å². The standard InChI is InChI=1S/C13H13BrN6S/c14-10-9-20-3-1-15-11(20)12(17-10)18-4-6-19(7-5-18)13-16-2-8-21-13/h1-3,8-9H,4-7H2. The van der Waals surface area contributed by atoms with Gasteiger partial charge >= 0.3 is 0 Å². The topological polar surface area (TPSA) is 49.6 Å². The van der Waals surface area contributed by atoms with Crippen molar-refractivity contribution in [2.24, 2.45) is 0 Å². The van der Waals surface area contributed by atoms with E-state index in [1.165, 1.54) is 0 Å². The maximum absolute atomic E-state index is 4.61. The summed E-state index contributed by atoms with van der Waals surface area (Å²) in [6.07, 6.45) is 7.53. The second kappa shape index (κ2) is 5.27. The van der Waals surface area contributed by atoms with Crippen LogP contribution in [0.15, 0.2) is 34.8 Å². The molecule has 0 saturated carbocycles. The van der Waals surface area contributed by atoms with Gasteiger partial charge in [-0.3, -0.25) is 0 Å². The molecular formula is C13H13BrN6S. The fraction of sp³-hybridized carbons (Fsp3) is 0.308. The summed E-state index contributed by atoms with van der Waals surface area (Å²) in [6.45, 7) is 3.75. The van der Waals surface area contributed by atoms with Crippen LogP contribution in [0.1, 0.15) is 0 Å². The summed E-state index contributed by atoms with van der Waals surface area (Å²) < 4.78 is 2.82. The predicted molar refractivity (Wildman–Crippen MR) is 87.2 cm³/mol. The molecule has 1 saturated heterocycles. The molecule has 0 aliphatic carbocycles. The number of piperazine rings is 1. The molecule has 3 aromatic heterocycles. The van der Waals surface area contributed by atoms with Gasteiger partial charge in [0.15, 0.2) is 16.6 Å². The highest BCUT2D eigenvalue weighted by molar-refractivity contribution is 9.10. The molecule has 0 N–H and O–H groups in total. The van der Waals surface area contributed by atoms with Crippen molar-refractivity contribution >= 4 is 43.9 Å². The van der Waals surface area contributed by atoms with E-state index in [4.69, 9.17) is 0 Å². The number of thiazole rings is 1. The lowest BCUT2D eigenvalue weighted by Crippen LogP contribution is -2.47. The Morgan fingerprint density at radius 3 is 2.62 bits per heavy atom. The van der Waals surface area contributed by atoms with Crippen LogP contribution in [0.4, 0.5) is 10.9 Å². The molecule has 0 atom stereocenters. The van der Waals surface area contributed by atoms with Crippen molar-refractivity contribution < 1.29 is 0 Å². The van der Waals surface area contributed by atoms with Gasteiger partial charge < -0.3 is 14.2 Å². The minimum absolute atomic E-state index is 0.824. The molecule has 1 aliphatic heterocycles. The smallest absolute Gasteiger partial charge is 0.185 e. The van der Waals surface area contributed by atoms with Crippen LogP contribution in [-0.4, -0.2) is 45.5 Å². The van der Waals surface area contributed by atoms with Gasteiger partial charge in [-0.2, -0.15) is 0 Å². The van der Waals surface area contributed by atoms with Crippen molar-refractivity contribution in [3.05, 3.63) is 34.8 Å². The molecule has 108 valence electrons. The molecule has 0 aromatic carbocycles. The molecule has 6 nitrogen and oxygen atoms in total. The van der Waals surface area contributed by atoms with Crippen LogP contribution >= 0.6 is 27.3 Å². The zero-order valence-electron chi connectivity index (χ0n) is 11.2. The van der Waals surface area contributed by atoms with Crippen molar-refractivity contribution in [1.82, 2.24) is 19.4 Å². The lowest BCUT2D eigenvalue weighted by Gasteiger charge is -2.35. The molecule has 0 radical (unpaired) electrons. The van der Waals surface area contributed by atoms with Crippen LogP contribution in [0.2, 0.25) is 0 Å². The molecule has 4 rings (SSSR count). The quantitative estimate of drug-likeness (QED) is 0.698. The number of hydrogen-bond acceptors (Lipinski definition) is 6. The maximum atomic E-state index is 4.61. The molecule has 0 amide bonds. The van der Waals surface area contributed by atoms with Gasteiger partial charge in [-0.05, 0) is 15.9 Å². The highest BCUT2D eigenvalue weighted by Crippen LogP contribution is 2.24. The largest absolute Gasteiger partial charge is 0.350 e. The summed E-state index contributed by atoms with van der Waals surface area (Å²) in [4.78, 5) is 18.0. The molecule has 3 aromatic rings. The molecule has 4 heterocycles. The molecule has 8 heteroatoms. The van der Waals surface area contributed by atoms with E-state index in [0.29, 0.717) is 0 Å². The SMILES string of the molecule is Brc1cn2ccnc2c(N2CCN(c3nccs3)CC2)n1. The highest BCUT2D eigenvalue weighted by atomic mass is 79.9. The fourth-order valence-corrected chi connectivity index (χ4v) is 3.66. The normalized spacial score (nSPS) is 15.9. The number of hydrogen-bond donors (Lipinski definition) is 0. The summed E-state index contributed by atoms with van der Waals surface area (Å²) in [5, 5.41) is 3.12. The zero-order chi connectivity index (χ0) is 14.2. The summed E-state index contributed by atoms with van der Waals surface area (Å²) in [5.74, 6) is 0.938. The molecule has 21 heavy (non-hydrogen) atoms. The molecule has 0 unspecified atom stereocenters. The Balaban J connectivity index is 1.59. The molecular weight excluding hydrogens is 352 g/mol. The predicted octanol–water partition coefficient (Wildman–Crippen LogP) is 2.27. The van der Waals surface area contributed by atoms with Gasteiger partial charge in [0.2, 0.25) is 0 Å². The van der Waals surface area contributed by atoms with Crippen molar-refractivity contribution in [3.63, 3.8) is 0 Å². The van der Waals surface area contributed by atoms with Crippen LogP contribution in [-0.2, 0) is 0 Å². The van der Waals surface area contributed by atoms with Crippen LogP contribution in [0.3, 0.4) is 0 Å². The Kier molecular flexibility index (Phi) is 3.27. The van der Waals surface area contributed by atoms with Gasteiger partial charge in [-0.15, -0.1) is 11.3 Å². The third-order valence-electron chi connectivity index (χ3n) is 3.60. The first-order valence-corrected chi connectivity index (χ1v) is 8.37. The summed E-state index contributed by atoms with van der Waals surface area (Å²) in [7, 11) is 0. The lowest BCUT2D eigenvalue weighted by molar-refractivity contribution is 0.645. The van der Waals surface area contributed by atoms with E-state index in [-0.39, 0.29) is 0 Å². The number of nitrogens with zero attached hydrogens (tertiary/aromatic N) is 6. The Morgan fingerprint density at radius 1 is 1.05 bits per heavy atom. The van der Waals surface area contributed by atoms with Crippen LogP contribution < -0.4 is 9.80 Å². The summed E-state index contributed by atoms with van der Waals surface area (Å²) >= 11 is 5.16. The fourth-order valence-electron chi connectivity index (χ4n) is 2.58. The average Bonchev–Trinajstić information content (AvgIpc) is 3.17. The van der Waals surface area contributed by atoms with E-state index >= 15 is 0 Å². The van der Waals surface area contributed by atoms with Crippen molar-refractivity contribution in [1.29, 1.82) is 0 Å². The van der Waals surface area contributed by atoms with Gasteiger partial charge in [0, 0.05) is 56.3 Å². The highest BCUT2D eigenvalue weighted by Gasteiger charge is 2.22. The Morgan fingerprint density at radius 2 is 1.86 bits per heavy atom. The first kappa shape index (κ1) is 13.0. The van der Waals surface area contributed by atoms with Crippen molar-refractivity contribution in [2.45, 2.75) is 0 Å². The Hall–Kier alpha value is -1.67. The van der Waals surface area contributed by atoms with Gasteiger partial charge in [-0.1, -0.05) is 0 Å². The van der Waals surface area contributed by atoms with Gasteiger partial charge in [0.05, 0.1) is 0 Å². The molecule has 1 fully saturated rings. The number of halogens is 1. The minimum Gasteiger partial charge on any atom is -0.350 e. The maximum Gasteiger partial charge on any atom is 0.185 e. The van der Waals surface area contributed by atoms with Crippen LogP contribution in [0, 0.1) is 0 Å². The lowest BCUT2D eigenvalue weighted by atomic mass is 10.3. The van der Waals surface area contributed by atoms with Crippen LogP contribution in [0.5, 0.6) is 0 Å². The number of aromatic nitrogens is 4. The first-order chi connectivity index (χ1) is 10.3. The third kappa shape index (κ3) is 2.38. The van der Waals surface area contributed by atoms with Gasteiger partial charge in [0.1, 0.15) is 4.60 Å². The summed E-state index contributed by atoms with van der Waals surface area (Å²) in [5.41, 5.74) is 0.904. The summed E-state index contributed by atoms with van der Waals surface area (Å²) in [6, 6.07) is 0. The van der Waals surface area contributed by atoms with Gasteiger partial charge in [-0.25, -0.2) is 15.0 Å². The molecule has 0 spiro atoms. The zero-order valence-corrected chi connectivity index (χ0v) is 13.6. The third-order valence-corrected chi connectivity index (χ3v) is 4.81. The Labute approximate surface area is 134 Å². The Bertz CT molecular complexity index is 747. The van der Waals surface area contributed by atoms with E-state index < -0.39 is 0 Å². The number of imidazole rings is 1. The monoisotopic (exact) mass is 364 g/mol. The number of rotatable bonds is 2. The van der Waals surface area contributed by atoms with Crippen molar-refractivity contribution in [2.75, 3.05) is 36.0 Å². The second-order valence-corrected chi connectivity index (χ2v) is 6.52. The number of fused-ring (bicyclic) bond motifs is 1. The van der Waals surface area contributed by atoms with Gasteiger partial charge in [0.25, 0.3) is 0 Å². The second-order valence-electron chi connectivity index (χ2n) is 4.83. The van der Waals surface area contributed by atoms with Crippen molar-refractivity contribution in [3.8, 4) is 0 Å². The number of anilines is 2. The average molecular weight is 365 g/mol. The van der Waals surface area contributed by atoms with E-state index in [1.807, 2.05) is 28.4 Å². The first-order valence-electron chi connectivity index (χ1n) is 6.70. The minimum atomic E-state index is 0.824.